The molecular formula is C9H13FO2. The Balaban J connectivity index is 4.00. The highest BCUT2D eigenvalue weighted by Crippen LogP contribution is 2.06. The zero-order valence-corrected chi connectivity index (χ0v) is 7.34. The van der Waals surface area contributed by atoms with Crippen molar-refractivity contribution in [3.8, 4) is 0 Å². The van der Waals surface area contributed by atoms with Crippen molar-refractivity contribution in [1.82, 2.24) is 0 Å². The van der Waals surface area contributed by atoms with Crippen LogP contribution in [0.25, 0.3) is 0 Å². The van der Waals surface area contributed by atoms with Crippen molar-refractivity contribution in [2.24, 2.45) is 0 Å². The summed E-state index contributed by atoms with van der Waals surface area (Å²) in [6, 6.07) is 0. The standard InChI is InChI=1S/C9H13FO2/c1-5-8(10)7(4)12-9(11)6(2)3/h5,7-8H,1-2H2,3-4H3. The first-order chi connectivity index (χ1) is 5.49. The Morgan fingerprint density at radius 3 is 2.50 bits per heavy atom. The predicted molar refractivity (Wildman–Crippen MR) is 45.5 cm³/mol. The molecule has 0 N–H and O–H groups in total. The lowest BCUT2D eigenvalue weighted by Gasteiger charge is -2.14. The fourth-order valence-corrected chi connectivity index (χ4v) is 0.526. The molecule has 0 aliphatic heterocycles. The summed E-state index contributed by atoms with van der Waals surface area (Å²) in [6.07, 6.45) is -1.03. The van der Waals surface area contributed by atoms with Crippen molar-refractivity contribution < 1.29 is 13.9 Å². The van der Waals surface area contributed by atoms with E-state index in [1.807, 2.05) is 0 Å². The van der Waals surface area contributed by atoms with Crippen molar-refractivity contribution in [3.05, 3.63) is 24.8 Å². The van der Waals surface area contributed by atoms with Crippen molar-refractivity contribution in [2.45, 2.75) is 26.1 Å². The van der Waals surface area contributed by atoms with Crippen LogP contribution in [-0.2, 0) is 9.53 Å². The van der Waals surface area contributed by atoms with Gasteiger partial charge in [-0.15, -0.1) is 6.58 Å². The van der Waals surface area contributed by atoms with Crippen LogP contribution in [0.3, 0.4) is 0 Å². The summed E-state index contributed by atoms with van der Waals surface area (Å²) in [5, 5.41) is 0. The lowest BCUT2D eigenvalue weighted by molar-refractivity contribution is -0.145. The number of alkyl halides is 1. The summed E-state index contributed by atoms with van der Waals surface area (Å²) in [4.78, 5) is 10.9. The van der Waals surface area contributed by atoms with Crippen molar-refractivity contribution in [2.75, 3.05) is 0 Å². The van der Waals surface area contributed by atoms with Crippen LogP contribution < -0.4 is 0 Å². The van der Waals surface area contributed by atoms with E-state index in [1.165, 1.54) is 13.8 Å². The summed E-state index contributed by atoms with van der Waals surface area (Å²) in [6.45, 7) is 9.59. The Kier molecular flexibility index (Phi) is 4.26. The summed E-state index contributed by atoms with van der Waals surface area (Å²) in [7, 11) is 0. The second kappa shape index (κ2) is 4.70. The third kappa shape index (κ3) is 3.32. The molecule has 68 valence electrons. The summed E-state index contributed by atoms with van der Waals surface area (Å²) >= 11 is 0. The molecule has 3 heteroatoms. The molecule has 0 spiro atoms. The van der Waals surface area contributed by atoms with Gasteiger partial charge in [-0.2, -0.15) is 0 Å². The van der Waals surface area contributed by atoms with Crippen LogP contribution in [-0.4, -0.2) is 18.2 Å². The Bertz CT molecular complexity index is 199. The lowest BCUT2D eigenvalue weighted by Crippen LogP contribution is -2.23. The molecule has 0 heterocycles. The van der Waals surface area contributed by atoms with Crippen LogP contribution in [0.4, 0.5) is 4.39 Å². The molecule has 2 nitrogen and oxygen atoms in total. The molecule has 0 aromatic heterocycles. The Morgan fingerprint density at radius 1 is 1.67 bits per heavy atom. The van der Waals surface area contributed by atoms with Gasteiger partial charge in [0.2, 0.25) is 0 Å². The zero-order valence-electron chi connectivity index (χ0n) is 7.34. The minimum absolute atomic E-state index is 0.262. The van der Waals surface area contributed by atoms with E-state index in [0.29, 0.717) is 0 Å². The minimum atomic E-state index is -1.33. The molecule has 0 radical (unpaired) electrons. The van der Waals surface area contributed by atoms with Gasteiger partial charge in [-0.3, -0.25) is 0 Å². The van der Waals surface area contributed by atoms with Gasteiger partial charge in [0.1, 0.15) is 6.10 Å². The Labute approximate surface area is 71.7 Å². The second-order valence-electron chi connectivity index (χ2n) is 2.57. The number of rotatable bonds is 4. The molecular weight excluding hydrogens is 159 g/mol. The van der Waals surface area contributed by atoms with Gasteiger partial charge in [0.25, 0.3) is 0 Å². The molecule has 12 heavy (non-hydrogen) atoms. The highest BCUT2D eigenvalue weighted by atomic mass is 19.1. The maximum atomic E-state index is 12.7. The number of esters is 1. The quantitative estimate of drug-likeness (QED) is 0.368. The molecule has 0 rings (SSSR count). The van der Waals surface area contributed by atoms with Crippen LogP contribution >= 0.6 is 0 Å². The van der Waals surface area contributed by atoms with Gasteiger partial charge in [-0.1, -0.05) is 12.7 Å². The number of carbonyl (C=O) groups excluding carboxylic acids is 1. The molecule has 0 saturated heterocycles. The summed E-state index contributed by atoms with van der Waals surface area (Å²) < 4.78 is 17.4. The van der Waals surface area contributed by atoms with Gasteiger partial charge < -0.3 is 4.74 Å². The number of halogens is 1. The Hall–Kier alpha value is -1.12. The molecule has 0 fully saturated rings. The van der Waals surface area contributed by atoms with Gasteiger partial charge >= 0.3 is 5.97 Å². The smallest absolute Gasteiger partial charge is 0.333 e. The molecule has 0 saturated carbocycles. The van der Waals surface area contributed by atoms with E-state index < -0.39 is 18.2 Å². The highest BCUT2D eigenvalue weighted by molar-refractivity contribution is 5.87. The number of hydrogen-bond donors (Lipinski definition) is 0. The predicted octanol–water partition coefficient (Wildman–Crippen LogP) is 2.02. The third-order valence-corrected chi connectivity index (χ3v) is 1.32. The molecule has 0 aromatic carbocycles. The van der Waals surface area contributed by atoms with E-state index >= 15 is 0 Å². The molecule has 0 amide bonds. The normalized spacial score (nSPS) is 14.6. The summed E-state index contributed by atoms with van der Waals surface area (Å²) in [5.41, 5.74) is 0.262. The first-order valence-corrected chi connectivity index (χ1v) is 3.62. The molecule has 0 bridgehead atoms. The molecule has 0 aliphatic carbocycles. The van der Waals surface area contributed by atoms with E-state index in [4.69, 9.17) is 0 Å². The van der Waals surface area contributed by atoms with Crippen molar-refractivity contribution >= 4 is 5.97 Å². The fraction of sp³-hybridized carbons (Fsp3) is 0.444. The first kappa shape index (κ1) is 10.9. The maximum absolute atomic E-state index is 12.7. The van der Waals surface area contributed by atoms with E-state index in [1.54, 1.807) is 0 Å². The van der Waals surface area contributed by atoms with Gasteiger partial charge in [0.15, 0.2) is 6.17 Å². The number of carbonyl (C=O) groups is 1. The van der Waals surface area contributed by atoms with Crippen LogP contribution in [0, 0.1) is 0 Å². The molecule has 0 aromatic rings. The zero-order chi connectivity index (χ0) is 9.72. The van der Waals surface area contributed by atoms with Gasteiger partial charge in [0, 0.05) is 5.57 Å². The van der Waals surface area contributed by atoms with Crippen LogP contribution in [0.2, 0.25) is 0 Å². The van der Waals surface area contributed by atoms with Gasteiger partial charge in [-0.05, 0) is 13.8 Å². The van der Waals surface area contributed by atoms with E-state index in [0.717, 1.165) is 6.08 Å². The van der Waals surface area contributed by atoms with Gasteiger partial charge in [-0.25, -0.2) is 9.18 Å². The fourth-order valence-electron chi connectivity index (χ4n) is 0.526. The average molecular weight is 172 g/mol. The minimum Gasteiger partial charge on any atom is -0.456 e. The van der Waals surface area contributed by atoms with E-state index in [9.17, 15) is 9.18 Å². The SMILES string of the molecule is C=CC(F)C(C)OC(=O)C(=C)C. The van der Waals surface area contributed by atoms with Crippen LogP contribution in [0.15, 0.2) is 24.8 Å². The first-order valence-electron chi connectivity index (χ1n) is 3.62. The highest BCUT2D eigenvalue weighted by Gasteiger charge is 2.17. The monoisotopic (exact) mass is 172 g/mol. The van der Waals surface area contributed by atoms with Crippen molar-refractivity contribution in [1.29, 1.82) is 0 Å². The largest absolute Gasteiger partial charge is 0.456 e. The molecule has 2 atom stereocenters. The summed E-state index contributed by atoms with van der Waals surface area (Å²) in [5.74, 6) is -0.577. The maximum Gasteiger partial charge on any atom is 0.333 e. The molecule has 0 aliphatic rings. The van der Waals surface area contributed by atoms with E-state index in [2.05, 4.69) is 17.9 Å². The topological polar surface area (TPSA) is 26.3 Å². The number of hydrogen-bond acceptors (Lipinski definition) is 2. The third-order valence-electron chi connectivity index (χ3n) is 1.32. The van der Waals surface area contributed by atoms with Crippen LogP contribution in [0.1, 0.15) is 13.8 Å². The van der Waals surface area contributed by atoms with E-state index in [-0.39, 0.29) is 5.57 Å². The molecule has 2 unspecified atom stereocenters. The second-order valence-corrected chi connectivity index (χ2v) is 2.57. The van der Waals surface area contributed by atoms with Crippen LogP contribution in [0.5, 0.6) is 0 Å². The lowest BCUT2D eigenvalue weighted by atomic mass is 10.2. The van der Waals surface area contributed by atoms with Gasteiger partial charge in [0.05, 0.1) is 0 Å². The number of ether oxygens (including phenoxy) is 1. The van der Waals surface area contributed by atoms with Crippen molar-refractivity contribution in [3.63, 3.8) is 0 Å². The Morgan fingerprint density at radius 2 is 2.17 bits per heavy atom. The average Bonchev–Trinajstić information content (AvgIpc) is 2.02.